The van der Waals surface area contributed by atoms with Crippen molar-refractivity contribution in [3.05, 3.63) is 36.0 Å². The van der Waals surface area contributed by atoms with Crippen molar-refractivity contribution < 1.29 is 0 Å². The summed E-state index contributed by atoms with van der Waals surface area (Å²) in [5, 5.41) is 7.74. The number of likely N-dealkylation sites (tertiary alicyclic amines) is 1. The zero-order valence-electron chi connectivity index (χ0n) is 12.7. The van der Waals surface area contributed by atoms with Crippen LogP contribution in [0.1, 0.15) is 24.2 Å². The van der Waals surface area contributed by atoms with E-state index < -0.39 is 0 Å². The third-order valence-corrected chi connectivity index (χ3v) is 4.05. The fraction of sp³-hybridized carbons (Fsp3) is 0.533. The molecule has 3 rings (SSSR count). The molecule has 2 aromatic rings. The van der Waals surface area contributed by atoms with Crippen LogP contribution in [0.25, 0.3) is 0 Å². The number of piperidine rings is 1. The zero-order valence-corrected chi connectivity index (χ0v) is 12.7. The Morgan fingerprint density at radius 1 is 1.29 bits per heavy atom. The van der Waals surface area contributed by atoms with E-state index >= 15 is 0 Å². The third-order valence-electron chi connectivity index (χ3n) is 4.05. The molecule has 0 bridgehead atoms. The molecule has 2 aromatic heterocycles. The molecule has 0 aliphatic carbocycles. The molecule has 1 N–H and O–H groups in total. The molecule has 0 radical (unpaired) electrons. The van der Waals surface area contributed by atoms with Gasteiger partial charge in [-0.3, -0.25) is 9.58 Å². The summed E-state index contributed by atoms with van der Waals surface area (Å²) in [6.07, 6.45) is 5.76. The molecule has 0 aromatic carbocycles. The van der Waals surface area contributed by atoms with Gasteiger partial charge < -0.3 is 5.32 Å². The minimum absolute atomic E-state index is 0.502. The van der Waals surface area contributed by atoms with Crippen molar-refractivity contribution in [2.45, 2.75) is 32.4 Å². The standard InChI is InChI=1S/C15H22N6/c1-12-9-15(17-11-16-12)19-13-4-7-21(8-5-13)10-14-3-6-18-20(14)2/h3,6,9,11,13H,4-5,7-8,10H2,1-2H3,(H,16,17,19). The Kier molecular flexibility index (Phi) is 4.15. The summed E-state index contributed by atoms with van der Waals surface area (Å²) in [7, 11) is 2.00. The Balaban J connectivity index is 1.50. The lowest BCUT2D eigenvalue weighted by atomic mass is 10.0. The summed E-state index contributed by atoms with van der Waals surface area (Å²) in [5.41, 5.74) is 2.27. The molecule has 0 saturated carbocycles. The lowest BCUT2D eigenvalue weighted by Gasteiger charge is -2.32. The van der Waals surface area contributed by atoms with Gasteiger partial charge >= 0.3 is 0 Å². The Morgan fingerprint density at radius 2 is 2.10 bits per heavy atom. The number of nitrogens with zero attached hydrogens (tertiary/aromatic N) is 5. The van der Waals surface area contributed by atoms with Gasteiger partial charge in [0.15, 0.2) is 0 Å². The molecule has 6 nitrogen and oxygen atoms in total. The van der Waals surface area contributed by atoms with Crippen LogP contribution < -0.4 is 5.32 Å². The predicted octanol–water partition coefficient (Wildman–Crippen LogP) is 1.60. The van der Waals surface area contributed by atoms with Crippen LogP contribution in [0, 0.1) is 6.92 Å². The lowest BCUT2D eigenvalue weighted by Crippen LogP contribution is -2.39. The molecule has 0 unspecified atom stereocenters. The lowest BCUT2D eigenvalue weighted by molar-refractivity contribution is 0.206. The highest BCUT2D eigenvalue weighted by Crippen LogP contribution is 2.17. The number of anilines is 1. The first-order chi connectivity index (χ1) is 10.2. The molecule has 1 aliphatic rings. The van der Waals surface area contributed by atoms with Crippen LogP contribution in [0.5, 0.6) is 0 Å². The second-order valence-electron chi connectivity index (χ2n) is 5.69. The minimum atomic E-state index is 0.502. The van der Waals surface area contributed by atoms with Crippen molar-refractivity contribution in [3.8, 4) is 0 Å². The highest BCUT2D eigenvalue weighted by atomic mass is 15.3. The van der Waals surface area contributed by atoms with Gasteiger partial charge in [-0.05, 0) is 25.8 Å². The van der Waals surface area contributed by atoms with Crippen molar-refractivity contribution in [3.63, 3.8) is 0 Å². The number of aryl methyl sites for hydroxylation is 2. The summed E-state index contributed by atoms with van der Waals surface area (Å²) in [4.78, 5) is 10.9. The monoisotopic (exact) mass is 286 g/mol. The highest BCUT2D eigenvalue weighted by Gasteiger charge is 2.20. The summed E-state index contributed by atoms with van der Waals surface area (Å²) in [6, 6.07) is 4.60. The maximum atomic E-state index is 4.28. The smallest absolute Gasteiger partial charge is 0.129 e. The van der Waals surface area contributed by atoms with E-state index in [0.717, 1.165) is 44.0 Å². The Bertz CT molecular complexity index is 585. The predicted molar refractivity (Wildman–Crippen MR) is 81.9 cm³/mol. The number of aromatic nitrogens is 4. The van der Waals surface area contributed by atoms with E-state index in [4.69, 9.17) is 0 Å². The van der Waals surface area contributed by atoms with E-state index in [1.807, 2.05) is 30.9 Å². The van der Waals surface area contributed by atoms with Gasteiger partial charge in [0.1, 0.15) is 12.1 Å². The van der Waals surface area contributed by atoms with Crippen LogP contribution in [0.3, 0.4) is 0 Å². The fourth-order valence-electron chi connectivity index (χ4n) is 2.76. The summed E-state index contributed by atoms with van der Waals surface area (Å²) in [6.45, 7) is 5.18. The SMILES string of the molecule is Cc1cc(NC2CCN(Cc3ccnn3C)CC2)ncn1. The second kappa shape index (κ2) is 6.22. The van der Waals surface area contributed by atoms with Crippen LogP contribution >= 0.6 is 0 Å². The van der Waals surface area contributed by atoms with Gasteiger partial charge in [0, 0.05) is 50.7 Å². The largest absolute Gasteiger partial charge is 0.367 e. The Morgan fingerprint density at radius 3 is 2.76 bits per heavy atom. The van der Waals surface area contributed by atoms with E-state index in [1.54, 1.807) is 6.33 Å². The summed E-state index contributed by atoms with van der Waals surface area (Å²) >= 11 is 0. The van der Waals surface area contributed by atoms with Crippen LogP contribution in [-0.4, -0.2) is 43.8 Å². The quantitative estimate of drug-likeness (QED) is 0.925. The molecule has 1 fully saturated rings. The minimum Gasteiger partial charge on any atom is -0.367 e. The van der Waals surface area contributed by atoms with E-state index in [1.165, 1.54) is 5.69 Å². The summed E-state index contributed by atoms with van der Waals surface area (Å²) < 4.78 is 1.95. The average molecular weight is 286 g/mol. The maximum absolute atomic E-state index is 4.28. The van der Waals surface area contributed by atoms with Crippen molar-refractivity contribution in [1.29, 1.82) is 0 Å². The van der Waals surface area contributed by atoms with Crippen molar-refractivity contribution in [2.75, 3.05) is 18.4 Å². The van der Waals surface area contributed by atoms with Crippen molar-refractivity contribution in [1.82, 2.24) is 24.6 Å². The number of nitrogens with one attached hydrogen (secondary N) is 1. The molecule has 1 saturated heterocycles. The van der Waals surface area contributed by atoms with Gasteiger partial charge in [0.25, 0.3) is 0 Å². The first-order valence-corrected chi connectivity index (χ1v) is 7.45. The highest BCUT2D eigenvalue weighted by molar-refractivity contribution is 5.35. The topological polar surface area (TPSA) is 58.9 Å². The van der Waals surface area contributed by atoms with Crippen LogP contribution in [0.15, 0.2) is 24.7 Å². The molecule has 0 atom stereocenters. The van der Waals surface area contributed by atoms with E-state index in [9.17, 15) is 0 Å². The molecular formula is C15H22N6. The van der Waals surface area contributed by atoms with E-state index in [-0.39, 0.29) is 0 Å². The molecule has 21 heavy (non-hydrogen) atoms. The van der Waals surface area contributed by atoms with Gasteiger partial charge in [-0.2, -0.15) is 5.10 Å². The van der Waals surface area contributed by atoms with Crippen molar-refractivity contribution in [2.24, 2.45) is 7.05 Å². The second-order valence-corrected chi connectivity index (χ2v) is 5.69. The number of hydrogen-bond acceptors (Lipinski definition) is 5. The number of rotatable bonds is 4. The van der Waals surface area contributed by atoms with E-state index in [2.05, 4.69) is 31.3 Å². The van der Waals surface area contributed by atoms with Crippen LogP contribution in [0.2, 0.25) is 0 Å². The molecule has 112 valence electrons. The van der Waals surface area contributed by atoms with Gasteiger partial charge in [-0.15, -0.1) is 0 Å². The number of hydrogen-bond donors (Lipinski definition) is 1. The molecule has 0 spiro atoms. The Labute approximate surface area is 125 Å². The van der Waals surface area contributed by atoms with Crippen LogP contribution in [0.4, 0.5) is 5.82 Å². The first kappa shape index (κ1) is 14.0. The summed E-state index contributed by atoms with van der Waals surface area (Å²) in [5.74, 6) is 0.938. The van der Waals surface area contributed by atoms with E-state index in [0.29, 0.717) is 6.04 Å². The molecule has 0 amide bonds. The average Bonchev–Trinajstić information content (AvgIpc) is 2.87. The van der Waals surface area contributed by atoms with Gasteiger partial charge in [-0.25, -0.2) is 9.97 Å². The van der Waals surface area contributed by atoms with Gasteiger partial charge in [-0.1, -0.05) is 0 Å². The first-order valence-electron chi connectivity index (χ1n) is 7.45. The molecule has 6 heteroatoms. The Hall–Kier alpha value is -1.95. The zero-order chi connectivity index (χ0) is 14.7. The van der Waals surface area contributed by atoms with Gasteiger partial charge in [0.05, 0.1) is 5.69 Å². The third kappa shape index (κ3) is 3.58. The van der Waals surface area contributed by atoms with Crippen molar-refractivity contribution >= 4 is 5.82 Å². The molecule has 1 aliphatic heterocycles. The normalized spacial score (nSPS) is 17.0. The maximum Gasteiger partial charge on any atom is 0.129 e. The molecule has 3 heterocycles. The van der Waals surface area contributed by atoms with Gasteiger partial charge in [0.2, 0.25) is 0 Å². The fourth-order valence-corrected chi connectivity index (χ4v) is 2.76. The van der Waals surface area contributed by atoms with Crippen LogP contribution in [-0.2, 0) is 13.6 Å². The molecular weight excluding hydrogens is 264 g/mol.